The first kappa shape index (κ1) is 18.3. The molecule has 1 aromatic heterocycles. The molecule has 0 unspecified atom stereocenters. The lowest BCUT2D eigenvalue weighted by molar-refractivity contribution is 0.0376. The monoisotopic (exact) mass is 343 g/mol. The van der Waals surface area contributed by atoms with Gasteiger partial charge in [0.1, 0.15) is 5.69 Å². The second-order valence-corrected chi connectivity index (χ2v) is 5.94. The van der Waals surface area contributed by atoms with Crippen LogP contribution in [0.1, 0.15) is 56.3 Å². The van der Waals surface area contributed by atoms with Crippen LogP contribution >= 0.6 is 0 Å². The van der Waals surface area contributed by atoms with Gasteiger partial charge in [-0.2, -0.15) is 0 Å². The Kier molecular flexibility index (Phi) is 5.26. The van der Waals surface area contributed by atoms with Crippen LogP contribution < -0.4 is 11.1 Å². The van der Waals surface area contributed by atoms with Crippen LogP contribution in [0.25, 0.3) is 0 Å². The normalized spacial score (nSPS) is 10.6. The minimum absolute atomic E-state index is 0.205. The van der Waals surface area contributed by atoms with Crippen molar-refractivity contribution in [2.75, 3.05) is 5.32 Å². The molecule has 0 aliphatic heterocycles. The van der Waals surface area contributed by atoms with E-state index in [4.69, 9.17) is 10.5 Å². The van der Waals surface area contributed by atoms with Gasteiger partial charge in [-0.1, -0.05) is 12.1 Å². The SMILES string of the molecule is Cc1[nH]c(C(=O)Nc2ccccc2C(N)=O)c(C)c1C(=O)OC(C)C. The summed E-state index contributed by atoms with van der Waals surface area (Å²) in [6, 6.07) is 6.44. The molecule has 0 saturated heterocycles. The predicted molar refractivity (Wildman–Crippen MR) is 93.7 cm³/mol. The van der Waals surface area contributed by atoms with Gasteiger partial charge in [-0.15, -0.1) is 0 Å². The van der Waals surface area contributed by atoms with Crippen LogP contribution in [0, 0.1) is 13.8 Å². The fourth-order valence-corrected chi connectivity index (χ4v) is 2.55. The smallest absolute Gasteiger partial charge is 0.340 e. The maximum atomic E-state index is 12.6. The van der Waals surface area contributed by atoms with Gasteiger partial charge in [-0.3, -0.25) is 9.59 Å². The minimum atomic E-state index is -0.642. The molecule has 132 valence electrons. The van der Waals surface area contributed by atoms with E-state index in [2.05, 4.69) is 10.3 Å². The molecular formula is C18H21N3O4. The highest BCUT2D eigenvalue weighted by molar-refractivity contribution is 6.10. The number of para-hydroxylation sites is 1. The predicted octanol–water partition coefficient (Wildman–Crippen LogP) is 2.55. The molecule has 2 aromatic rings. The van der Waals surface area contributed by atoms with Crippen molar-refractivity contribution in [2.24, 2.45) is 5.73 Å². The number of nitrogens with one attached hydrogen (secondary N) is 2. The number of hydrogen-bond acceptors (Lipinski definition) is 4. The van der Waals surface area contributed by atoms with Crippen molar-refractivity contribution in [3.63, 3.8) is 0 Å². The summed E-state index contributed by atoms with van der Waals surface area (Å²) >= 11 is 0. The van der Waals surface area contributed by atoms with Gasteiger partial charge in [0, 0.05) is 5.69 Å². The number of carbonyl (C=O) groups excluding carboxylic acids is 3. The Hall–Kier alpha value is -3.09. The largest absolute Gasteiger partial charge is 0.459 e. The quantitative estimate of drug-likeness (QED) is 0.724. The molecule has 7 nitrogen and oxygen atoms in total. The zero-order valence-corrected chi connectivity index (χ0v) is 14.6. The number of carbonyl (C=O) groups is 3. The van der Waals surface area contributed by atoms with Crippen molar-refractivity contribution < 1.29 is 19.1 Å². The zero-order chi connectivity index (χ0) is 18.7. The van der Waals surface area contributed by atoms with E-state index in [0.717, 1.165) is 0 Å². The summed E-state index contributed by atoms with van der Waals surface area (Å²) in [6.07, 6.45) is -0.263. The highest BCUT2D eigenvalue weighted by Crippen LogP contribution is 2.22. The Morgan fingerprint density at radius 2 is 1.80 bits per heavy atom. The molecule has 7 heteroatoms. The van der Waals surface area contributed by atoms with Crippen molar-refractivity contribution >= 4 is 23.5 Å². The Morgan fingerprint density at radius 1 is 1.16 bits per heavy atom. The number of primary amides is 1. The molecule has 0 aliphatic carbocycles. The van der Waals surface area contributed by atoms with E-state index in [1.807, 2.05) is 0 Å². The number of amides is 2. The highest BCUT2D eigenvalue weighted by atomic mass is 16.5. The highest BCUT2D eigenvalue weighted by Gasteiger charge is 2.24. The molecule has 0 bridgehead atoms. The van der Waals surface area contributed by atoms with Crippen LogP contribution in [0.2, 0.25) is 0 Å². The standard InChI is InChI=1S/C18H21N3O4/c1-9(2)25-18(24)14-10(3)15(20-11(14)4)17(23)21-13-8-6-5-7-12(13)16(19)22/h5-9,20H,1-4H3,(H2,19,22)(H,21,23). The molecular weight excluding hydrogens is 322 g/mol. The van der Waals surface area contributed by atoms with E-state index < -0.39 is 17.8 Å². The van der Waals surface area contributed by atoms with Gasteiger partial charge in [-0.25, -0.2) is 4.79 Å². The van der Waals surface area contributed by atoms with Crippen molar-refractivity contribution in [1.82, 2.24) is 4.98 Å². The average molecular weight is 343 g/mol. The van der Waals surface area contributed by atoms with E-state index in [9.17, 15) is 14.4 Å². The van der Waals surface area contributed by atoms with Gasteiger partial charge < -0.3 is 20.8 Å². The number of esters is 1. The third kappa shape index (κ3) is 3.88. The molecule has 1 aromatic carbocycles. The molecule has 0 saturated carbocycles. The zero-order valence-electron chi connectivity index (χ0n) is 14.6. The molecule has 4 N–H and O–H groups in total. The maximum absolute atomic E-state index is 12.6. The fourth-order valence-electron chi connectivity index (χ4n) is 2.55. The molecule has 1 heterocycles. The number of benzene rings is 1. The summed E-state index contributed by atoms with van der Waals surface area (Å²) in [6.45, 7) is 6.86. The molecule has 25 heavy (non-hydrogen) atoms. The van der Waals surface area contributed by atoms with Gasteiger partial charge in [0.25, 0.3) is 11.8 Å². The van der Waals surface area contributed by atoms with Gasteiger partial charge in [0.05, 0.1) is 22.9 Å². The van der Waals surface area contributed by atoms with Crippen LogP contribution in [0.3, 0.4) is 0 Å². The van der Waals surface area contributed by atoms with Crippen LogP contribution in [0.5, 0.6) is 0 Å². The Bertz CT molecular complexity index is 837. The molecule has 0 atom stereocenters. The first-order valence-corrected chi connectivity index (χ1v) is 7.82. The Morgan fingerprint density at radius 3 is 2.40 bits per heavy atom. The van der Waals surface area contributed by atoms with E-state index in [0.29, 0.717) is 22.5 Å². The van der Waals surface area contributed by atoms with Crippen molar-refractivity contribution in [1.29, 1.82) is 0 Å². The molecule has 2 rings (SSSR count). The van der Waals surface area contributed by atoms with Crippen LogP contribution in [0.4, 0.5) is 5.69 Å². The number of rotatable bonds is 5. The summed E-state index contributed by atoms with van der Waals surface area (Å²) < 4.78 is 5.21. The first-order chi connectivity index (χ1) is 11.7. The molecule has 0 spiro atoms. The number of anilines is 1. The van der Waals surface area contributed by atoms with E-state index in [1.165, 1.54) is 6.07 Å². The Labute approximate surface area is 145 Å². The molecule has 0 radical (unpaired) electrons. The number of aromatic nitrogens is 1. The van der Waals surface area contributed by atoms with Crippen molar-refractivity contribution in [3.8, 4) is 0 Å². The minimum Gasteiger partial charge on any atom is -0.459 e. The summed E-state index contributed by atoms with van der Waals surface area (Å²) in [4.78, 5) is 39.1. The van der Waals surface area contributed by atoms with Crippen LogP contribution in [0.15, 0.2) is 24.3 Å². The third-order valence-electron chi connectivity index (χ3n) is 3.65. The number of aromatic amines is 1. The maximum Gasteiger partial charge on any atom is 0.340 e. The lowest BCUT2D eigenvalue weighted by Crippen LogP contribution is -2.19. The van der Waals surface area contributed by atoms with Crippen LogP contribution in [-0.4, -0.2) is 28.9 Å². The second-order valence-electron chi connectivity index (χ2n) is 5.94. The van der Waals surface area contributed by atoms with E-state index in [1.54, 1.807) is 45.9 Å². The Balaban J connectivity index is 2.33. The number of hydrogen-bond donors (Lipinski definition) is 3. The van der Waals surface area contributed by atoms with Crippen LogP contribution in [-0.2, 0) is 4.74 Å². The van der Waals surface area contributed by atoms with Gasteiger partial charge >= 0.3 is 5.97 Å². The first-order valence-electron chi connectivity index (χ1n) is 7.82. The summed E-state index contributed by atoms with van der Waals surface area (Å²) in [5.74, 6) is -1.60. The van der Waals surface area contributed by atoms with Gasteiger partial charge in [0.2, 0.25) is 0 Å². The topological polar surface area (TPSA) is 114 Å². The van der Waals surface area contributed by atoms with Gasteiger partial charge in [0.15, 0.2) is 0 Å². The number of nitrogens with two attached hydrogens (primary N) is 1. The van der Waals surface area contributed by atoms with Crippen molar-refractivity contribution in [2.45, 2.75) is 33.8 Å². The average Bonchev–Trinajstić information content (AvgIpc) is 2.81. The third-order valence-corrected chi connectivity index (χ3v) is 3.65. The van der Waals surface area contributed by atoms with E-state index in [-0.39, 0.29) is 17.4 Å². The molecule has 0 aliphatic rings. The fraction of sp³-hybridized carbons (Fsp3) is 0.278. The number of H-pyrrole nitrogens is 1. The lowest BCUT2D eigenvalue weighted by Gasteiger charge is -2.09. The summed E-state index contributed by atoms with van der Waals surface area (Å²) in [5, 5.41) is 2.65. The molecule has 2 amide bonds. The lowest BCUT2D eigenvalue weighted by atomic mass is 10.1. The van der Waals surface area contributed by atoms with E-state index >= 15 is 0 Å². The number of aryl methyl sites for hydroxylation is 1. The summed E-state index contributed by atoms with van der Waals surface area (Å²) in [5.41, 5.74) is 7.41. The summed E-state index contributed by atoms with van der Waals surface area (Å²) in [7, 11) is 0. The second kappa shape index (κ2) is 7.21. The van der Waals surface area contributed by atoms with Crippen molar-refractivity contribution in [3.05, 3.63) is 52.3 Å². The molecule has 0 fully saturated rings. The number of ether oxygens (including phenoxy) is 1. The van der Waals surface area contributed by atoms with Gasteiger partial charge in [-0.05, 0) is 45.4 Å².